The Morgan fingerprint density at radius 1 is 1.29 bits per heavy atom. The summed E-state index contributed by atoms with van der Waals surface area (Å²) in [4.78, 5) is 26.5. The van der Waals surface area contributed by atoms with E-state index in [0.717, 1.165) is 5.75 Å². The zero-order chi connectivity index (χ0) is 19.5. The first kappa shape index (κ1) is 18.3. The summed E-state index contributed by atoms with van der Waals surface area (Å²) in [6, 6.07) is 7.50. The number of ether oxygens (including phenoxy) is 3. The number of carbonyl (C=O) groups excluding carboxylic acids is 1. The largest absolute Gasteiger partial charge is 0.486 e. The van der Waals surface area contributed by atoms with Gasteiger partial charge in [-0.15, -0.1) is 0 Å². The van der Waals surface area contributed by atoms with E-state index in [2.05, 4.69) is 10.4 Å². The molecule has 1 aromatic carbocycles. The maximum Gasteiger partial charge on any atom is 0.311 e. The van der Waals surface area contributed by atoms with E-state index in [0.29, 0.717) is 44.2 Å². The van der Waals surface area contributed by atoms with Crippen LogP contribution in [0.2, 0.25) is 0 Å². The molecule has 1 N–H and O–H groups in total. The van der Waals surface area contributed by atoms with E-state index in [1.165, 1.54) is 10.9 Å². The monoisotopic (exact) mass is 386 g/mol. The second-order valence-electron chi connectivity index (χ2n) is 6.66. The highest BCUT2D eigenvalue weighted by molar-refractivity contribution is 5.96. The van der Waals surface area contributed by atoms with E-state index in [1.54, 1.807) is 11.9 Å². The second-order valence-corrected chi connectivity index (χ2v) is 6.66. The number of aromatic nitrogens is 2. The lowest BCUT2D eigenvalue weighted by Crippen LogP contribution is -2.44. The van der Waals surface area contributed by atoms with Gasteiger partial charge in [0.15, 0.2) is 11.5 Å². The Hall–Kier alpha value is -3.07. The van der Waals surface area contributed by atoms with Gasteiger partial charge >= 0.3 is 5.56 Å². The van der Waals surface area contributed by atoms with Gasteiger partial charge in [-0.05, 0) is 18.6 Å². The van der Waals surface area contributed by atoms with Gasteiger partial charge in [-0.2, -0.15) is 5.10 Å². The van der Waals surface area contributed by atoms with E-state index in [4.69, 9.17) is 14.2 Å². The molecule has 1 unspecified atom stereocenters. The van der Waals surface area contributed by atoms with Crippen LogP contribution in [0.25, 0.3) is 0 Å². The van der Waals surface area contributed by atoms with Crippen LogP contribution in [0.3, 0.4) is 0 Å². The molecule has 9 heteroatoms. The van der Waals surface area contributed by atoms with Crippen LogP contribution in [0.1, 0.15) is 6.42 Å². The van der Waals surface area contributed by atoms with Crippen molar-refractivity contribution in [1.82, 2.24) is 15.1 Å². The zero-order valence-corrected chi connectivity index (χ0v) is 15.6. The van der Waals surface area contributed by atoms with E-state index >= 15 is 0 Å². The van der Waals surface area contributed by atoms with Crippen LogP contribution >= 0.6 is 0 Å². The molecule has 0 bridgehead atoms. The van der Waals surface area contributed by atoms with Gasteiger partial charge in [0.05, 0.1) is 19.3 Å². The number of carbonyl (C=O) groups is 1. The molecule has 0 radical (unpaired) electrons. The quantitative estimate of drug-likeness (QED) is 0.809. The summed E-state index contributed by atoms with van der Waals surface area (Å²) in [6.45, 7) is 1.84. The predicted molar refractivity (Wildman–Crippen MR) is 101 cm³/mol. The van der Waals surface area contributed by atoms with Gasteiger partial charge in [-0.25, -0.2) is 4.68 Å². The van der Waals surface area contributed by atoms with Crippen molar-refractivity contribution in [3.05, 3.63) is 40.8 Å². The minimum Gasteiger partial charge on any atom is -0.486 e. The molecule has 0 fully saturated rings. The van der Waals surface area contributed by atoms with Crippen LogP contribution in [-0.4, -0.2) is 54.6 Å². The van der Waals surface area contributed by atoms with Gasteiger partial charge in [-0.1, -0.05) is 12.1 Å². The van der Waals surface area contributed by atoms with Crippen LogP contribution in [0.15, 0.2) is 35.3 Å². The maximum atomic E-state index is 12.7. The van der Waals surface area contributed by atoms with Crippen LogP contribution < -0.4 is 30.0 Å². The Balaban J connectivity index is 1.37. The van der Waals surface area contributed by atoms with E-state index in [1.807, 2.05) is 24.3 Å². The molecule has 1 aromatic heterocycles. The Kier molecular flexibility index (Phi) is 5.16. The molecule has 148 valence electrons. The van der Waals surface area contributed by atoms with Crippen molar-refractivity contribution in [2.24, 2.45) is 7.05 Å². The van der Waals surface area contributed by atoms with E-state index in [9.17, 15) is 9.59 Å². The molecule has 0 aliphatic carbocycles. The number of nitrogens with one attached hydrogen (secondary N) is 1. The van der Waals surface area contributed by atoms with Gasteiger partial charge in [-0.3, -0.25) is 9.59 Å². The fourth-order valence-corrected chi connectivity index (χ4v) is 3.21. The Morgan fingerprint density at radius 2 is 2.11 bits per heavy atom. The summed E-state index contributed by atoms with van der Waals surface area (Å²) in [5, 5.41) is 7.13. The highest BCUT2D eigenvalue weighted by atomic mass is 16.6. The number of hydrogen-bond donors (Lipinski definition) is 1. The van der Waals surface area contributed by atoms with Crippen LogP contribution in [0.5, 0.6) is 17.2 Å². The lowest BCUT2D eigenvalue weighted by atomic mass is 10.2. The number of benzene rings is 1. The fourth-order valence-electron chi connectivity index (χ4n) is 3.21. The van der Waals surface area contributed by atoms with Gasteiger partial charge in [0.1, 0.15) is 18.4 Å². The SMILES string of the molecule is Cn1ncc2c(c1=O)OCCCN2C(=O)CNCC1COc2ccccc2O1. The first-order chi connectivity index (χ1) is 13.6. The smallest absolute Gasteiger partial charge is 0.311 e. The lowest BCUT2D eigenvalue weighted by Gasteiger charge is -2.27. The van der Waals surface area contributed by atoms with E-state index < -0.39 is 0 Å². The molecular weight excluding hydrogens is 364 g/mol. The van der Waals surface area contributed by atoms with Crippen molar-refractivity contribution in [2.75, 3.05) is 37.7 Å². The molecule has 4 rings (SSSR count). The maximum absolute atomic E-state index is 12.7. The molecule has 0 saturated heterocycles. The van der Waals surface area contributed by atoms with Gasteiger partial charge in [0, 0.05) is 20.1 Å². The zero-order valence-electron chi connectivity index (χ0n) is 15.6. The minimum absolute atomic E-state index is 0.107. The molecule has 0 saturated carbocycles. The van der Waals surface area contributed by atoms with Crippen molar-refractivity contribution in [1.29, 1.82) is 0 Å². The summed E-state index contributed by atoms with van der Waals surface area (Å²) in [5.41, 5.74) is 0.0650. The van der Waals surface area contributed by atoms with Crippen molar-refractivity contribution in [3.63, 3.8) is 0 Å². The third-order valence-corrected chi connectivity index (χ3v) is 4.65. The number of nitrogens with zero attached hydrogens (tertiary/aromatic N) is 3. The Morgan fingerprint density at radius 3 is 2.96 bits per heavy atom. The number of amides is 1. The summed E-state index contributed by atoms with van der Waals surface area (Å²) in [5.74, 6) is 1.44. The van der Waals surface area contributed by atoms with Crippen LogP contribution in [0, 0.1) is 0 Å². The molecule has 2 aliphatic heterocycles. The topological polar surface area (TPSA) is 94.9 Å². The first-order valence-electron chi connectivity index (χ1n) is 9.22. The van der Waals surface area contributed by atoms with Crippen molar-refractivity contribution in [3.8, 4) is 17.2 Å². The average molecular weight is 386 g/mol. The van der Waals surface area contributed by atoms with Crippen LogP contribution in [0.4, 0.5) is 5.69 Å². The Bertz CT molecular complexity index is 929. The summed E-state index contributed by atoms with van der Waals surface area (Å²) >= 11 is 0. The predicted octanol–water partition coefficient (Wildman–Crippen LogP) is 0.325. The molecule has 2 aliphatic rings. The summed E-state index contributed by atoms with van der Waals surface area (Å²) < 4.78 is 18.3. The fraction of sp³-hybridized carbons (Fsp3) is 0.421. The number of hydrogen-bond acceptors (Lipinski definition) is 7. The van der Waals surface area contributed by atoms with Crippen molar-refractivity contribution >= 4 is 11.6 Å². The van der Waals surface area contributed by atoms with E-state index in [-0.39, 0.29) is 29.9 Å². The van der Waals surface area contributed by atoms with Crippen molar-refractivity contribution in [2.45, 2.75) is 12.5 Å². The normalized spacial score (nSPS) is 18.0. The molecular formula is C19H22N4O5. The first-order valence-corrected chi connectivity index (χ1v) is 9.22. The number of aryl methyl sites for hydroxylation is 1. The highest BCUT2D eigenvalue weighted by Gasteiger charge is 2.26. The second kappa shape index (κ2) is 7.89. The van der Waals surface area contributed by atoms with Gasteiger partial charge < -0.3 is 24.4 Å². The summed E-state index contributed by atoms with van der Waals surface area (Å²) in [6.07, 6.45) is 1.95. The number of anilines is 1. The molecule has 2 aromatic rings. The summed E-state index contributed by atoms with van der Waals surface area (Å²) in [7, 11) is 1.55. The number of rotatable bonds is 4. The molecule has 1 atom stereocenters. The average Bonchev–Trinajstić information content (AvgIpc) is 2.93. The molecule has 0 spiro atoms. The Labute approximate surface area is 161 Å². The third-order valence-electron chi connectivity index (χ3n) is 4.65. The standard InChI is InChI=1S/C19H22N4O5/c1-22-19(25)18-14(10-21-22)23(7-4-8-26-18)17(24)11-20-9-13-12-27-15-5-2-3-6-16(15)28-13/h2-3,5-6,10,13,20H,4,7-9,11-12H2,1H3. The van der Waals surface area contributed by atoms with Crippen molar-refractivity contribution < 1.29 is 19.0 Å². The molecule has 1 amide bonds. The molecule has 3 heterocycles. The lowest BCUT2D eigenvalue weighted by molar-refractivity contribution is -0.117. The molecule has 9 nitrogen and oxygen atoms in total. The number of para-hydroxylation sites is 2. The van der Waals surface area contributed by atoms with Gasteiger partial charge in [0.25, 0.3) is 0 Å². The van der Waals surface area contributed by atoms with Crippen LogP contribution in [-0.2, 0) is 11.8 Å². The third kappa shape index (κ3) is 3.65. The minimum atomic E-state index is -0.350. The number of fused-ring (bicyclic) bond motifs is 2. The molecule has 28 heavy (non-hydrogen) atoms. The van der Waals surface area contributed by atoms with Gasteiger partial charge in [0.2, 0.25) is 11.7 Å². The highest BCUT2D eigenvalue weighted by Crippen LogP contribution is 2.30.